The van der Waals surface area contributed by atoms with Crippen LogP contribution in [0.4, 0.5) is 16.2 Å². The predicted octanol–water partition coefficient (Wildman–Crippen LogP) is 3.11. The number of anilines is 2. The standard InChI is InChI=1S/C19H21N3O3/c1-22-10-9-13-7-8-15(11-14(13)12-22)20-19(24)21-17-6-4-3-5-16(17)18(23)25-2/h3-8,11H,9-10,12H2,1-2H3,(H2,20,21,24). The number of esters is 1. The summed E-state index contributed by atoms with van der Waals surface area (Å²) in [5.41, 5.74) is 3.99. The number of fused-ring (bicyclic) bond motifs is 1. The van der Waals surface area contributed by atoms with Crippen LogP contribution in [-0.4, -0.2) is 37.6 Å². The molecule has 6 heteroatoms. The minimum atomic E-state index is -0.493. The summed E-state index contributed by atoms with van der Waals surface area (Å²) in [5.74, 6) is -0.493. The van der Waals surface area contributed by atoms with Gasteiger partial charge in [0, 0.05) is 18.8 Å². The number of amides is 2. The highest BCUT2D eigenvalue weighted by Crippen LogP contribution is 2.22. The first kappa shape index (κ1) is 17.0. The van der Waals surface area contributed by atoms with Crippen LogP contribution in [-0.2, 0) is 17.7 Å². The number of urea groups is 1. The molecule has 130 valence electrons. The Morgan fingerprint density at radius 3 is 2.68 bits per heavy atom. The molecule has 0 spiro atoms. The van der Waals surface area contributed by atoms with Gasteiger partial charge in [0.25, 0.3) is 0 Å². The molecule has 2 aromatic rings. The maximum atomic E-state index is 12.3. The number of benzene rings is 2. The Morgan fingerprint density at radius 2 is 1.88 bits per heavy atom. The molecule has 1 heterocycles. The van der Waals surface area contributed by atoms with E-state index >= 15 is 0 Å². The van der Waals surface area contributed by atoms with E-state index in [1.54, 1.807) is 24.3 Å². The normalized spacial score (nSPS) is 13.7. The number of rotatable bonds is 3. The average molecular weight is 339 g/mol. The third-order valence-corrected chi connectivity index (χ3v) is 4.25. The molecule has 2 amide bonds. The molecule has 2 aromatic carbocycles. The largest absolute Gasteiger partial charge is 0.465 e. The van der Waals surface area contributed by atoms with Gasteiger partial charge < -0.3 is 20.3 Å². The molecule has 2 N–H and O–H groups in total. The Morgan fingerprint density at radius 1 is 1.08 bits per heavy atom. The first-order valence-corrected chi connectivity index (χ1v) is 8.12. The van der Waals surface area contributed by atoms with E-state index in [4.69, 9.17) is 4.74 Å². The molecule has 0 saturated carbocycles. The highest BCUT2D eigenvalue weighted by atomic mass is 16.5. The van der Waals surface area contributed by atoms with Crippen LogP contribution >= 0.6 is 0 Å². The van der Waals surface area contributed by atoms with Crippen molar-refractivity contribution in [3.63, 3.8) is 0 Å². The van der Waals surface area contributed by atoms with Crippen molar-refractivity contribution in [2.24, 2.45) is 0 Å². The summed E-state index contributed by atoms with van der Waals surface area (Å²) >= 11 is 0. The molecule has 0 atom stereocenters. The number of methoxy groups -OCH3 is 1. The molecule has 0 unspecified atom stereocenters. The van der Waals surface area contributed by atoms with Crippen molar-refractivity contribution in [1.82, 2.24) is 4.90 Å². The Bertz CT molecular complexity index is 804. The Labute approximate surface area is 146 Å². The zero-order valence-electron chi connectivity index (χ0n) is 14.3. The van der Waals surface area contributed by atoms with Crippen molar-refractivity contribution in [3.8, 4) is 0 Å². The van der Waals surface area contributed by atoms with Crippen molar-refractivity contribution in [2.45, 2.75) is 13.0 Å². The highest BCUT2D eigenvalue weighted by Gasteiger charge is 2.15. The highest BCUT2D eigenvalue weighted by molar-refractivity contribution is 6.05. The van der Waals surface area contributed by atoms with E-state index in [2.05, 4.69) is 28.6 Å². The van der Waals surface area contributed by atoms with E-state index in [0.717, 1.165) is 25.2 Å². The SMILES string of the molecule is COC(=O)c1ccccc1NC(=O)Nc1ccc2c(c1)CN(C)CC2. The van der Waals surface area contributed by atoms with Gasteiger partial charge in [-0.3, -0.25) is 0 Å². The van der Waals surface area contributed by atoms with E-state index in [9.17, 15) is 9.59 Å². The quantitative estimate of drug-likeness (QED) is 0.843. The fourth-order valence-electron chi connectivity index (χ4n) is 2.94. The molecule has 0 aromatic heterocycles. The Hall–Kier alpha value is -2.86. The van der Waals surface area contributed by atoms with Crippen molar-refractivity contribution >= 4 is 23.4 Å². The first-order valence-electron chi connectivity index (χ1n) is 8.12. The van der Waals surface area contributed by atoms with Crippen LogP contribution in [0.25, 0.3) is 0 Å². The minimum absolute atomic E-state index is 0.312. The van der Waals surface area contributed by atoms with Crippen LogP contribution in [0, 0.1) is 0 Å². The molecule has 0 saturated heterocycles. The second-order valence-electron chi connectivity index (χ2n) is 6.09. The summed E-state index contributed by atoms with van der Waals surface area (Å²) in [6.45, 7) is 1.92. The van der Waals surface area contributed by atoms with Crippen LogP contribution in [0.15, 0.2) is 42.5 Å². The fraction of sp³-hybridized carbons (Fsp3) is 0.263. The van der Waals surface area contributed by atoms with Crippen molar-refractivity contribution in [1.29, 1.82) is 0 Å². The summed E-state index contributed by atoms with van der Waals surface area (Å²) in [7, 11) is 3.39. The molecule has 1 aliphatic rings. The number of hydrogen-bond acceptors (Lipinski definition) is 4. The lowest BCUT2D eigenvalue weighted by Crippen LogP contribution is -2.27. The van der Waals surface area contributed by atoms with Gasteiger partial charge in [-0.15, -0.1) is 0 Å². The number of carbonyl (C=O) groups is 2. The number of para-hydroxylation sites is 1. The van der Waals surface area contributed by atoms with E-state index in [1.165, 1.54) is 18.2 Å². The van der Waals surface area contributed by atoms with Gasteiger partial charge in [-0.2, -0.15) is 0 Å². The summed E-state index contributed by atoms with van der Waals surface area (Å²) in [4.78, 5) is 26.3. The van der Waals surface area contributed by atoms with Gasteiger partial charge in [-0.1, -0.05) is 18.2 Å². The van der Waals surface area contributed by atoms with Gasteiger partial charge in [0.2, 0.25) is 0 Å². The molecule has 25 heavy (non-hydrogen) atoms. The van der Waals surface area contributed by atoms with E-state index < -0.39 is 12.0 Å². The van der Waals surface area contributed by atoms with Crippen LogP contribution in [0.5, 0.6) is 0 Å². The van der Waals surface area contributed by atoms with Crippen molar-refractivity contribution in [3.05, 3.63) is 59.2 Å². The summed E-state index contributed by atoms with van der Waals surface area (Å²) in [5, 5.41) is 5.52. The summed E-state index contributed by atoms with van der Waals surface area (Å²) < 4.78 is 4.73. The van der Waals surface area contributed by atoms with Crippen LogP contribution in [0.2, 0.25) is 0 Å². The van der Waals surface area contributed by atoms with Crippen LogP contribution in [0.1, 0.15) is 21.5 Å². The van der Waals surface area contributed by atoms with Crippen molar-refractivity contribution < 1.29 is 14.3 Å². The van der Waals surface area contributed by atoms with Gasteiger partial charge in [-0.25, -0.2) is 9.59 Å². The molecular weight excluding hydrogens is 318 g/mol. The predicted molar refractivity (Wildman–Crippen MR) is 96.9 cm³/mol. The second-order valence-corrected chi connectivity index (χ2v) is 6.09. The lowest BCUT2D eigenvalue weighted by atomic mass is 9.99. The molecule has 6 nitrogen and oxygen atoms in total. The first-order chi connectivity index (χ1) is 12.1. The smallest absolute Gasteiger partial charge is 0.339 e. The molecular formula is C19H21N3O3. The number of nitrogens with zero attached hydrogens (tertiary/aromatic N) is 1. The average Bonchev–Trinajstić information content (AvgIpc) is 2.61. The fourth-order valence-corrected chi connectivity index (χ4v) is 2.94. The lowest BCUT2D eigenvalue weighted by molar-refractivity contribution is 0.0602. The van der Waals surface area contributed by atoms with Crippen molar-refractivity contribution in [2.75, 3.05) is 31.3 Å². The molecule has 0 radical (unpaired) electrons. The summed E-state index contributed by atoms with van der Waals surface area (Å²) in [6, 6.07) is 12.3. The van der Waals surface area contributed by atoms with E-state index in [0.29, 0.717) is 11.3 Å². The molecule has 3 rings (SSSR count). The maximum Gasteiger partial charge on any atom is 0.339 e. The third kappa shape index (κ3) is 3.97. The van der Waals surface area contributed by atoms with Crippen LogP contribution < -0.4 is 10.6 Å². The third-order valence-electron chi connectivity index (χ3n) is 4.25. The number of nitrogens with one attached hydrogen (secondary N) is 2. The minimum Gasteiger partial charge on any atom is -0.465 e. The molecule has 1 aliphatic heterocycles. The second kappa shape index (κ2) is 7.36. The van der Waals surface area contributed by atoms with Gasteiger partial charge in [0.1, 0.15) is 0 Å². The van der Waals surface area contributed by atoms with Gasteiger partial charge >= 0.3 is 12.0 Å². The zero-order chi connectivity index (χ0) is 17.8. The maximum absolute atomic E-state index is 12.3. The number of carbonyl (C=O) groups excluding carboxylic acids is 2. The van der Waals surface area contributed by atoms with Gasteiger partial charge in [0.05, 0.1) is 18.4 Å². The monoisotopic (exact) mass is 339 g/mol. The number of likely N-dealkylation sites (N-methyl/N-ethyl adjacent to an activating group) is 1. The summed E-state index contributed by atoms with van der Waals surface area (Å²) in [6.07, 6.45) is 1.02. The van der Waals surface area contributed by atoms with E-state index in [-0.39, 0.29) is 0 Å². The Balaban J connectivity index is 1.72. The number of hydrogen-bond donors (Lipinski definition) is 2. The topological polar surface area (TPSA) is 70.7 Å². The van der Waals surface area contributed by atoms with Gasteiger partial charge in [0.15, 0.2) is 0 Å². The lowest BCUT2D eigenvalue weighted by Gasteiger charge is -2.25. The zero-order valence-corrected chi connectivity index (χ0v) is 14.3. The van der Waals surface area contributed by atoms with Gasteiger partial charge in [-0.05, 0) is 48.9 Å². The van der Waals surface area contributed by atoms with E-state index in [1.807, 2.05) is 12.1 Å². The molecule has 0 bridgehead atoms. The molecule has 0 fully saturated rings. The Kier molecular flexibility index (Phi) is 5.00. The number of ether oxygens (including phenoxy) is 1. The molecule has 0 aliphatic carbocycles. The van der Waals surface area contributed by atoms with Crippen LogP contribution in [0.3, 0.4) is 0 Å².